The first-order chi connectivity index (χ1) is 12.5. The molecule has 0 amide bonds. The second-order valence-corrected chi connectivity index (χ2v) is 6.62. The van der Waals surface area contributed by atoms with Gasteiger partial charge < -0.3 is 9.84 Å². The van der Waals surface area contributed by atoms with Crippen LogP contribution in [0.2, 0.25) is 10.0 Å². The highest BCUT2D eigenvalue weighted by molar-refractivity contribution is 6.35. The van der Waals surface area contributed by atoms with Gasteiger partial charge in [-0.05, 0) is 41.0 Å². The first-order valence-corrected chi connectivity index (χ1v) is 8.77. The Labute approximate surface area is 161 Å². The lowest BCUT2D eigenvalue weighted by molar-refractivity contribution is -0.145. The summed E-state index contributed by atoms with van der Waals surface area (Å²) in [5, 5.41) is 10.4. The highest BCUT2D eigenvalue weighted by atomic mass is 35.5. The van der Waals surface area contributed by atoms with Crippen LogP contribution in [-0.2, 0) is 11.2 Å². The van der Waals surface area contributed by atoms with Gasteiger partial charge in [0.05, 0.1) is 0 Å². The number of aliphatic carboxylic acids is 1. The van der Waals surface area contributed by atoms with E-state index in [1.165, 1.54) is 0 Å². The lowest BCUT2D eigenvalue weighted by Gasteiger charge is -2.16. The summed E-state index contributed by atoms with van der Waals surface area (Å²) in [5.41, 5.74) is 2.79. The van der Waals surface area contributed by atoms with Crippen LogP contribution in [0, 0.1) is 0 Å². The zero-order chi connectivity index (χ0) is 18.5. The molecule has 0 saturated carbocycles. The van der Waals surface area contributed by atoms with E-state index < -0.39 is 12.1 Å². The van der Waals surface area contributed by atoms with Gasteiger partial charge in [0.1, 0.15) is 5.75 Å². The standard InChI is InChI=1S/C21H16Cl2O3/c22-17-9-6-16(19(23)13-17)12-20(21(24)25)26-18-10-7-15(8-11-18)14-4-2-1-3-5-14/h1-11,13,20H,12H2,(H,24,25)/t20-/m1/s1. The van der Waals surface area contributed by atoms with E-state index in [1.54, 1.807) is 30.3 Å². The Morgan fingerprint density at radius 3 is 2.19 bits per heavy atom. The molecule has 3 nitrogen and oxygen atoms in total. The summed E-state index contributed by atoms with van der Waals surface area (Å²) in [7, 11) is 0. The third-order valence-electron chi connectivity index (χ3n) is 3.94. The molecule has 26 heavy (non-hydrogen) atoms. The van der Waals surface area contributed by atoms with Crippen molar-refractivity contribution in [3.05, 3.63) is 88.4 Å². The number of hydrogen-bond donors (Lipinski definition) is 1. The zero-order valence-corrected chi connectivity index (χ0v) is 15.2. The second-order valence-electron chi connectivity index (χ2n) is 5.77. The fraction of sp³-hybridized carbons (Fsp3) is 0.0952. The second kappa shape index (κ2) is 8.26. The maximum absolute atomic E-state index is 11.6. The highest BCUT2D eigenvalue weighted by Crippen LogP contribution is 2.25. The van der Waals surface area contributed by atoms with Crippen molar-refractivity contribution in [3.63, 3.8) is 0 Å². The van der Waals surface area contributed by atoms with E-state index in [0.29, 0.717) is 21.4 Å². The molecule has 132 valence electrons. The third-order valence-corrected chi connectivity index (χ3v) is 4.52. The third kappa shape index (κ3) is 4.57. The molecule has 1 atom stereocenters. The quantitative estimate of drug-likeness (QED) is 0.587. The summed E-state index contributed by atoms with van der Waals surface area (Å²) in [6, 6.07) is 22.2. The summed E-state index contributed by atoms with van der Waals surface area (Å²) in [6.45, 7) is 0. The molecule has 0 saturated heterocycles. The van der Waals surface area contributed by atoms with Gasteiger partial charge in [0, 0.05) is 16.5 Å². The lowest BCUT2D eigenvalue weighted by atomic mass is 10.1. The van der Waals surface area contributed by atoms with Gasteiger partial charge in [-0.25, -0.2) is 4.79 Å². The van der Waals surface area contributed by atoms with Crippen molar-refractivity contribution < 1.29 is 14.6 Å². The molecule has 0 aliphatic carbocycles. The minimum Gasteiger partial charge on any atom is -0.478 e. The minimum atomic E-state index is -1.05. The van der Waals surface area contributed by atoms with Crippen LogP contribution in [0.4, 0.5) is 0 Å². The molecule has 0 heterocycles. The maximum atomic E-state index is 11.6. The number of ether oxygens (including phenoxy) is 1. The van der Waals surface area contributed by atoms with Crippen LogP contribution in [0.15, 0.2) is 72.8 Å². The Hall–Kier alpha value is -2.49. The summed E-state index contributed by atoms with van der Waals surface area (Å²) in [6.07, 6.45) is -0.901. The Morgan fingerprint density at radius 1 is 0.923 bits per heavy atom. The Kier molecular flexibility index (Phi) is 5.82. The molecule has 0 unspecified atom stereocenters. The number of carbonyl (C=O) groups is 1. The van der Waals surface area contributed by atoms with Gasteiger partial charge >= 0.3 is 5.97 Å². The number of hydrogen-bond acceptors (Lipinski definition) is 2. The van der Waals surface area contributed by atoms with Crippen molar-refractivity contribution >= 4 is 29.2 Å². The zero-order valence-electron chi connectivity index (χ0n) is 13.7. The molecule has 0 fully saturated rings. The van der Waals surface area contributed by atoms with Crippen LogP contribution in [0.5, 0.6) is 5.75 Å². The molecule has 3 aromatic carbocycles. The van der Waals surface area contributed by atoms with Crippen LogP contribution < -0.4 is 4.74 Å². The minimum absolute atomic E-state index is 0.145. The smallest absolute Gasteiger partial charge is 0.345 e. The monoisotopic (exact) mass is 386 g/mol. The van der Waals surface area contributed by atoms with Crippen LogP contribution in [0.1, 0.15) is 5.56 Å². The lowest BCUT2D eigenvalue weighted by Crippen LogP contribution is -2.29. The predicted molar refractivity (Wildman–Crippen MR) is 104 cm³/mol. The molecule has 0 bridgehead atoms. The molecule has 1 N–H and O–H groups in total. The van der Waals surface area contributed by atoms with Crippen LogP contribution in [0.3, 0.4) is 0 Å². The normalized spacial score (nSPS) is 11.8. The molecule has 0 radical (unpaired) electrons. The molecule has 5 heteroatoms. The summed E-state index contributed by atoms with van der Waals surface area (Å²) >= 11 is 12.0. The van der Waals surface area contributed by atoms with Gasteiger partial charge in [-0.2, -0.15) is 0 Å². The van der Waals surface area contributed by atoms with Crippen molar-refractivity contribution in [3.8, 4) is 16.9 Å². The average molecular weight is 387 g/mol. The number of rotatable bonds is 6. The van der Waals surface area contributed by atoms with E-state index in [-0.39, 0.29) is 6.42 Å². The van der Waals surface area contributed by atoms with Crippen molar-refractivity contribution in [1.29, 1.82) is 0 Å². The van der Waals surface area contributed by atoms with Crippen LogP contribution in [0.25, 0.3) is 11.1 Å². The van der Waals surface area contributed by atoms with E-state index in [4.69, 9.17) is 27.9 Å². The molecule has 3 rings (SSSR count). The Morgan fingerprint density at radius 2 is 1.58 bits per heavy atom. The average Bonchev–Trinajstić information content (AvgIpc) is 2.64. The number of halogens is 2. The largest absolute Gasteiger partial charge is 0.478 e. The maximum Gasteiger partial charge on any atom is 0.345 e. The van der Waals surface area contributed by atoms with Crippen LogP contribution in [-0.4, -0.2) is 17.2 Å². The number of carboxylic acid groups (broad SMARTS) is 1. The van der Waals surface area contributed by atoms with Crippen LogP contribution >= 0.6 is 23.2 Å². The Bertz CT molecular complexity index is 893. The van der Waals surface area contributed by atoms with Gasteiger partial charge in [0.25, 0.3) is 0 Å². The highest BCUT2D eigenvalue weighted by Gasteiger charge is 2.21. The summed E-state index contributed by atoms with van der Waals surface area (Å²) < 4.78 is 5.66. The van der Waals surface area contributed by atoms with Crippen molar-refractivity contribution in [2.24, 2.45) is 0 Å². The van der Waals surface area contributed by atoms with Gasteiger partial charge in [-0.15, -0.1) is 0 Å². The molecule has 3 aromatic rings. The SMILES string of the molecule is O=C(O)[C@@H](Cc1ccc(Cl)cc1Cl)Oc1ccc(-c2ccccc2)cc1. The van der Waals surface area contributed by atoms with E-state index >= 15 is 0 Å². The molecule has 0 aliphatic rings. The Balaban J connectivity index is 1.75. The van der Waals surface area contributed by atoms with E-state index in [9.17, 15) is 9.90 Å². The molecule has 0 aliphatic heterocycles. The number of carboxylic acids is 1. The molecule has 0 spiro atoms. The van der Waals surface area contributed by atoms with Gasteiger partial charge in [-0.1, -0.05) is 71.7 Å². The molecular weight excluding hydrogens is 371 g/mol. The topological polar surface area (TPSA) is 46.5 Å². The predicted octanol–water partition coefficient (Wildman–Crippen LogP) is 5.74. The summed E-state index contributed by atoms with van der Waals surface area (Å²) in [4.78, 5) is 11.6. The van der Waals surface area contributed by atoms with E-state index in [2.05, 4.69) is 0 Å². The fourth-order valence-corrected chi connectivity index (χ4v) is 3.07. The van der Waals surface area contributed by atoms with Crippen molar-refractivity contribution in [2.45, 2.75) is 12.5 Å². The fourth-order valence-electron chi connectivity index (χ4n) is 2.59. The first-order valence-electron chi connectivity index (χ1n) is 8.02. The van der Waals surface area contributed by atoms with E-state index in [0.717, 1.165) is 11.1 Å². The van der Waals surface area contributed by atoms with Gasteiger partial charge in [-0.3, -0.25) is 0 Å². The van der Waals surface area contributed by atoms with Gasteiger partial charge in [0.2, 0.25) is 0 Å². The molecule has 0 aromatic heterocycles. The summed E-state index contributed by atoms with van der Waals surface area (Å²) in [5.74, 6) is -0.565. The van der Waals surface area contributed by atoms with Gasteiger partial charge in [0.15, 0.2) is 6.10 Å². The molecular formula is C21H16Cl2O3. The van der Waals surface area contributed by atoms with E-state index in [1.807, 2.05) is 42.5 Å². The first kappa shape index (κ1) is 18.3. The van der Waals surface area contributed by atoms with Crippen molar-refractivity contribution in [2.75, 3.05) is 0 Å². The van der Waals surface area contributed by atoms with Crippen molar-refractivity contribution in [1.82, 2.24) is 0 Å². The number of benzene rings is 3.